The zero-order chi connectivity index (χ0) is 21.5. The molecule has 0 radical (unpaired) electrons. The maximum atomic E-state index is 13.8. The number of hydrogen-bond acceptors (Lipinski definition) is 6. The summed E-state index contributed by atoms with van der Waals surface area (Å²) in [5.74, 6) is 1.74. The first kappa shape index (κ1) is 21.6. The first-order chi connectivity index (χ1) is 14.5. The fourth-order valence-corrected chi connectivity index (χ4v) is 3.51. The monoisotopic (exact) mass is 430 g/mol. The average Bonchev–Trinajstić information content (AvgIpc) is 3.12. The zero-order valence-electron chi connectivity index (χ0n) is 17.0. The predicted octanol–water partition coefficient (Wildman–Crippen LogP) is 3.62. The van der Waals surface area contributed by atoms with Gasteiger partial charge in [-0.1, -0.05) is 23.9 Å². The molecule has 0 bridgehead atoms. The van der Waals surface area contributed by atoms with E-state index in [1.807, 2.05) is 35.9 Å². The number of methoxy groups -OCH3 is 1. The number of carbonyl (C=O) groups is 1. The molecule has 1 amide bonds. The number of carbonyl (C=O) groups excluding carboxylic acids is 1. The average molecular weight is 431 g/mol. The normalized spacial score (nSPS) is 11.7. The topological polar surface area (TPSA) is 78.3 Å². The van der Waals surface area contributed by atoms with Crippen LogP contribution in [0.3, 0.4) is 0 Å². The standard InChI is InChI=1S/C21H23FN4O3S/c1-14(23-20(27)17-6-4-5-7-18(17)22)19-24-25-21(26(19)2)30-13-12-29-16-10-8-15(28-3)9-11-16/h4-11,14H,12-13H2,1-3H3,(H,23,27)/t14-/m0/s1. The highest BCUT2D eigenvalue weighted by Crippen LogP contribution is 2.21. The van der Waals surface area contributed by atoms with Crippen LogP contribution < -0.4 is 14.8 Å². The van der Waals surface area contributed by atoms with Crippen LogP contribution in [0.5, 0.6) is 11.5 Å². The summed E-state index contributed by atoms with van der Waals surface area (Å²) in [6, 6.07) is 12.8. The van der Waals surface area contributed by atoms with Gasteiger partial charge >= 0.3 is 0 Å². The largest absolute Gasteiger partial charge is 0.497 e. The molecular weight excluding hydrogens is 407 g/mol. The number of amides is 1. The van der Waals surface area contributed by atoms with Crippen LogP contribution in [0.25, 0.3) is 0 Å². The molecule has 0 fully saturated rings. The van der Waals surface area contributed by atoms with Crippen molar-refractivity contribution in [1.82, 2.24) is 20.1 Å². The number of thioether (sulfide) groups is 1. The SMILES string of the molecule is COc1ccc(OCCSc2nnc([C@H](C)NC(=O)c3ccccc3F)n2C)cc1. The molecule has 30 heavy (non-hydrogen) atoms. The van der Waals surface area contributed by atoms with Gasteiger partial charge in [-0.2, -0.15) is 0 Å². The Morgan fingerprint density at radius 2 is 1.87 bits per heavy atom. The van der Waals surface area contributed by atoms with E-state index in [9.17, 15) is 9.18 Å². The van der Waals surface area contributed by atoms with Gasteiger partial charge in [-0.3, -0.25) is 4.79 Å². The Labute approximate surface area is 178 Å². The van der Waals surface area contributed by atoms with Crippen molar-refractivity contribution < 1.29 is 18.7 Å². The van der Waals surface area contributed by atoms with E-state index in [1.54, 1.807) is 26.2 Å². The Balaban J connectivity index is 1.52. The molecule has 0 aliphatic carbocycles. The van der Waals surface area contributed by atoms with Gasteiger partial charge in [-0.05, 0) is 43.3 Å². The summed E-state index contributed by atoms with van der Waals surface area (Å²) in [7, 11) is 3.45. The molecule has 7 nitrogen and oxygen atoms in total. The van der Waals surface area contributed by atoms with E-state index in [0.717, 1.165) is 11.5 Å². The van der Waals surface area contributed by atoms with Gasteiger partial charge in [0.05, 0.1) is 25.3 Å². The summed E-state index contributed by atoms with van der Waals surface area (Å²) in [4.78, 5) is 12.3. The van der Waals surface area contributed by atoms with E-state index < -0.39 is 17.8 Å². The third kappa shape index (κ3) is 5.29. The minimum atomic E-state index is -0.562. The number of hydrogen-bond donors (Lipinski definition) is 1. The van der Waals surface area contributed by atoms with E-state index in [1.165, 1.54) is 23.9 Å². The fraction of sp³-hybridized carbons (Fsp3) is 0.286. The summed E-state index contributed by atoms with van der Waals surface area (Å²) >= 11 is 1.50. The second-order valence-electron chi connectivity index (χ2n) is 6.45. The van der Waals surface area contributed by atoms with Gasteiger partial charge in [-0.25, -0.2) is 4.39 Å². The van der Waals surface area contributed by atoms with Crippen LogP contribution in [0, 0.1) is 5.82 Å². The lowest BCUT2D eigenvalue weighted by Crippen LogP contribution is -2.29. The van der Waals surface area contributed by atoms with Crippen molar-refractivity contribution in [3.05, 3.63) is 65.7 Å². The molecule has 158 valence electrons. The Kier molecular flexibility index (Phi) is 7.29. The van der Waals surface area contributed by atoms with E-state index in [0.29, 0.717) is 23.3 Å². The lowest BCUT2D eigenvalue weighted by atomic mass is 10.2. The molecule has 0 aliphatic heterocycles. The number of halogens is 1. The van der Waals surface area contributed by atoms with Crippen molar-refractivity contribution >= 4 is 17.7 Å². The molecular formula is C21H23FN4O3S. The Morgan fingerprint density at radius 1 is 1.17 bits per heavy atom. The summed E-state index contributed by atoms with van der Waals surface area (Å²) < 4.78 is 26.4. The summed E-state index contributed by atoms with van der Waals surface area (Å²) in [5, 5.41) is 11.8. The molecule has 0 saturated carbocycles. The minimum Gasteiger partial charge on any atom is -0.497 e. The number of aromatic nitrogens is 3. The van der Waals surface area contributed by atoms with Crippen molar-refractivity contribution in [3.8, 4) is 11.5 Å². The third-order valence-electron chi connectivity index (χ3n) is 4.36. The Hall–Kier alpha value is -3.07. The zero-order valence-corrected chi connectivity index (χ0v) is 17.8. The second kappa shape index (κ2) is 10.1. The fourth-order valence-electron chi connectivity index (χ4n) is 2.78. The molecule has 0 spiro atoms. The molecule has 1 atom stereocenters. The maximum Gasteiger partial charge on any atom is 0.254 e. The van der Waals surface area contributed by atoms with Crippen molar-refractivity contribution in [2.24, 2.45) is 7.05 Å². The number of nitrogens with zero attached hydrogens (tertiary/aromatic N) is 3. The van der Waals surface area contributed by atoms with E-state index in [4.69, 9.17) is 9.47 Å². The molecule has 1 heterocycles. The van der Waals surface area contributed by atoms with Crippen LogP contribution in [0.1, 0.15) is 29.1 Å². The van der Waals surface area contributed by atoms with Gasteiger partial charge < -0.3 is 19.4 Å². The Bertz CT molecular complexity index is 994. The van der Waals surface area contributed by atoms with Gasteiger partial charge in [0.15, 0.2) is 11.0 Å². The summed E-state index contributed by atoms with van der Waals surface area (Å²) in [6.45, 7) is 2.28. The highest BCUT2D eigenvalue weighted by atomic mass is 32.2. The molecule has 0 aliphatic rings. The summed E-state index contributed by atoms with van der Waals surface area (Å²) in [6.07, 6.45) is 0. The highest BCUT2D eigenvalue weighted by Gasteiger charge is 2.19. The van der Waals surface area contributed by atoms with Crippen LogP contribution in [-0.2, 0) is 7.05 Å². The lowest BCUT2D eigenvalue weighted by molar-refractivity contribution is 0.0933. The van der Waals surface area contributed by atoms with Crippen LogP contribution >= 0.6 is 11.8 Å². The molecule has 0 saturated heterocycles. The minimum absolute atomic E-state index is 0.00297. The predicted molar refractivity (Wildman–Crippen MR) is 112 cm³/mol. The molecule has 3 aromatic rings. The summed E-state index contributed by atoms with van der Waals surface area (Å²) in [5.41, 5.74) is -0.00297. The van der Waals surface area contributed by atoms with Crippen molar-refractivity contribution in [1.29, 1.82) is 0 Å². The molecule has 1 aromatic heterocycles. The van der Waals surface area contributed by atoms with Crippen LogP contribution in [0.4, 0.5) is 4.39 Å². The third-order valence-corrected chi connectivity index (χ3v) is 5.35. The second-order valence-corrected chi connectivity index (χ2v) is 7.51. The lowest BCUT2D eigenvalue weighted by Gasteiger charge is -2.14. The molecule has 3 rings (SSSR count). The van der Waals surface area contributed by atoms with E-state index in [-0.39, 0.29) is 5.56 Å². The number of rotatable bonds is 9. The smallest absolute Gasteiger partial charge is 0.254 e. The van der Waals surface area contributed by atoms with Crippen LogP contribution in [0.15, 0.2) is 53.7 Å². The van der Waals surface area contributed by atoms with Gasteiger partial charge in [0.25, 0.3) is 5.91 Å². The highest BCUT2D eigenvalue weighted by molar-refractivity contribution is 7.99. The van der Waals surface area contributed by atoms with E-state index in [2.05, 4.69) is 15.5 Å². The molecule has 0 unspecified atom stereocenters. The van der Waals surface area contributed by atoms with E-state index >= 15 is 0 Å². The molecule has 2 aromatic carbocycles. The van der Waals surface area contributed by atoms with Crippen LogP contribution in [-0.4, -0.2) is 40.1 Å². The van der Waals surface area contributed by atoms with Gasteiger partial charge in [0.1, 0.15) is 17.3 Å². The Morgan fingerprint density at radius 3 is 2.57 bits per heavy atom. The maximum absolute atomic E-state index is 13.8. The van der Waals surface area contributed by atoms with Crippen molar-refractivity contribution in [2.75, 3.05) is 19.5 Å². The van der Waals surface area contributed by atoms with Crippen molar-refractivity contribution in [2.45, 2.75) is 18.1 Å². The van der Waals surface area contributed by atoms with Gasteiger partial charge in [0.2, 0.25) is 0 Å². The van der Waals surface area contributed by atoms with Gasteiger partial charge in [0, 0.05) is 12.8 Å². The van der Waals surface area contributed by atoms with Gasteiger partial charge in [-0.15, -0.1) is 10.2 Å². The molecule has 1 N–H and O–H groups in total. The molecule has 9 heteroatoms. The van der Waals surface area contributed by atoms with Crippen molar-refractivity contribution in [3.63, 3.8) is 0 Å². The number of benzene rings is 2. The number of nitrogens with one attached hydrogen (secondary N) is 1. The first-order valence-electron chi connectivity index (χ1n) is 9.34. The number of ether oxygens (including phenoxy) is 2. The van der Waals surface area contributed by atoms with Crippen LogP contribution in [0.2, 0.25) is 0 Å². The quantitative estimate of drug-likeness (QED) is 0.413. The first-order valence-corrected chi connectivity index (χ1v) is 10.3.